The zero-order valence-corrected chi connectivity index (χ0v) is 18.5. The Morgan fingerprint density at radius 3 is 2.79 bits per heavy atom. The summed E-state index contributed by atoms with van der Waals surface area (Å²) in [5.41, 5.74) is 2.59. The molecule has 4 aromatic rings. The first-order valence-electron chi connectivity index (χ1n) is 10.8. The van der Waals surface area contributed by atoms with Crippen molar-refractivity contribution in [1.82, 2.24) is 29.6 Å². The number of nitriles is 1. The Morgan fingerprint density at radius 1 is 1.29 bits per heavy atom. The van der Waals surface area contributed by atoms with E-state index in [-0.39, 0.29) is 17.9 Å². The minimum atomic E-state index is -1.12. The number of alkyl halides is 1. The van der Waals surface area contributed by atoms with Crippen LogP contribution in [-0.4, -0.2) is 54.7 Å². The van der Waals surface area contributed by atoms with Gasteiger partial charge in [0.25, 0.3) is 0 Å². The Hall–Kier alpha value is -3.88. The van der Waals surface area contributed by atoms with Gasteiger partial charge in [-0.05, 0) is 38.1 Å². The van der Waals surface area contributed by atoms with Gasteiger partial charge < -0.3 is 15.7 Å². The van der Waals surface area contributed by atoms with Crippen molar-refractivity contribution in [2.24, 2.45) is 0 Å². The molecular formula is C23H22F2N8O. The van der Waals surface area contributed by atoms with Gasteiger partial charge in [0.2, 0.25) is 0 Å². The predicted octanol–water partition coefficient (Wildman–Crippen LogP) is 2.70. The second-order valence-corrected chi connectivity index (χ2v) is 8.31. The third-order valence-corrected chi connectivity index (χ3v) is 5.91. The lowest BCUT2D eigenvalue weighted by Crippen LogP contribution is -2.29. The molecule has 34 heavy (non-hydrogen) atoms. The maximum Gasteiger partial charge on any atom is 0.163 e. The van der Waals surface area contributed by atoms with Crippen molar-refractivity contribution in [3.63, 3.8) is 0 Å². The van der Waals surface area contributed by atoms with Crippen molar-refractivity contribution in [2.75, 3.05) is 18.4 Å². The van der Waals surface area contributed by atoms with Crippen LogP contribution < -0.4 is 10.6 Å². The van der Waals surface area contributed by atoms with E-state index in [2.05, 4.69) is 20.7 Å². The monoisotopic (exact) mass is 464 g/mol. The number of fused-ring (bicyclic) bond motifs is 1. The van der Waals surface area contributed by atoms with Crippen LogP contribution in [0.5, 0.6) is 0 Å². The van der Waals surface area contributed by atoms with Crippen LogP contribution in [0.4, 0.5) is 14.5 Å². The Labute approximate surface area is 193 Å². The van der Waals surface area contributed by atoms with E-state index in [1.165, 1.54) is 17.1 Å². The molecule has 11 heteroatoms. The number of aromatic nitrogens is 5. The van der Waals surface area contributed by atoms with E-state index in [4.69, 9.17) is 4.98 Å². The largest absolute Gasteiger partial charge is 0.389 e. The summed E-state index contributed by atoms with van der Waals surface area (Å²) in [5, 5.41) is 29.7. The number of hydrogen-bond donors (Lipinski definition) is 3. The normalized spacial score (nSPS) is 18.8. The van der Waals surface area contributed by atoms with Gasteiger partial charge in [-0.1, -0.05) is 0 Å². The molecule has 4 heterocycles. The average Bonchev–Trinajstić information content (AvgIpc) is 3.52. The summed E-state index contributed by atoms with van der Waals surface area (Å²) in [4.78, 5) is 9.00. The fraction of sp³-hybridized carbons (Fsp3) is 0.304. The van der Waals surface area contributed by atoms with Crippen LogP contribution in [0.1, 0.15) is 30.0 Å². The lowest BCUT2D eigenvalue weighted by atomic mass is 10.1. The highest BCUT2D eigenvalue weighted by Gasteiger charge is 2.27. The SMILES string of the molecule is Cc1cc(C#N)nn1-c1nc(-n2cnc3cc(F)c(NC4CNCC4F)cc32)ccc1C(C)O. The molecular weight excluding hydrogens is 442 g/mol. The van der Waals surface area contributed by atoms with Crippen LogP contribution in [0.3, 0.4) is 0 Å². The van der Waals surface area contributed by atoms with Crippen molar-refractivity contribution in [3.8, 4) is 17.7 Å². The Balaban J connectivity index is 1.61. The highest BCUT2D eigenvalue weighted by Crippen LogP contribution is 2.28. The summed E-state index contributed by atoms with van der Waals surface area (Å²) < 4.78 is 31.9. The van der Waals surface area contributed by atoms with E-state index in [0.717, 1.165) is 0 Å². The number of aryl methyl sites for hydroxylation is 1. The van der Waals surface area contributed by atoms with E-state index in [1.807, 2.05) is 6.07 Å². The number of benzene rings is 1. The molecule has 1 aliphatic heterocycles. The number of aliphatic hydroxyl groups is 1. The molecule has 0 aliphatic carbocycles. The fourth-order valence-electron chi connectivity index (χ4n) is 4.13. The molecule has 1 aromatic carbocycles. The first-order valence-corrected chi connectivity index (χ1v) is 10.8. The van der Waals surface area contributed by atoms with E-state index in [0.29, 0.717) is 40.5 Å². The molecule has 0 amide bonds. The van der Waals surface area contributed by atoms with Crippen molar-refractivity contribution in [2.45, 2.75) is 32.2 Å². The number of rotatable bonds is 5. The zero-order valence-electron chi connectivity index (χ0n) is 18.5. The van der Waals surface area contributed by atoms with Gasteiger partial charge in [-0.15, -0.1) is 0 Å². The summed E-state index contributed by atoms with van der Waals surface area (Å²) in [6, 6.07) is 9.42. The van der Waals surface area contributed by atoms with Crippen LogP contribution in [0.15, 0.2) is 36.7 Å². The summed E-state index contributed by atoms with van der Waals surface area (Å²) in [6.07, 6.45) is -0.426. The van der Waals surface area contributed by atoms with E-state index in [1.54, 1.807) is 42.7 Å². The summed E-state index contributed by atoms with van der Waals surface area (Å²) in [7, 11) is 0. The molecule has 0 saturated carbocycles. The first kappa shape index (κ1) is 21.9. The topological polar surface area (TPSA) is 117 Å². The van der Waals surface area contributed by atoms with Crippen molar-refractivity contribution in [1.29, 1.82) is 5.26 Å². The third-order valence-electron chi connectivity index (χ3n) is 5.91. The number of pyridine rings is 1. The minimum absolute atomic E-state index is 0.174. The van der Waals surface area contributed by atoms with Gasteiger partial charge in [0.15, 0.2) is 11.5 Å². The number of anilines is 1. The van der Waals surface area contributed by atoms with Gasteiger partial charge in [-0.3, -0.25) is 4.57 Å². The van der Waals surface area contributed by atoms with Crippen LogP contribution in [0, 0.1) is 24.1 Å². The quantitative estimate of drug-likeness (QED) is 0.416. The van der Waals surface area contributed by atoms with Gasteiger partial charge in [-0.25, -0.2) is 23.4 Å². The molecule has 9 nitrogen and oxygen atoms in total. The zero-order chi connectivity index (χ0) is 24.0. The number of nitrogens with one attached hydrogen (secondary N) is 2. The number of nitrogens with zero attached hydrogens (tertiary/aromatic N) is 6. The number of halogens is 2. The number of aliphatic hydroxyl groups excluding tert-OH is 1. The van der Waals surface area contributed by atoms with Gasteiger partial charge in [0, 0.05) is 30.4 Å². The molecule has 0 radical (unpaired) electrons. The molecule has 0 spiro atoms. The molecule has 3 aromatic heterocycles. The standard InChI is InChI=1S/C23H22F2N8O/c1-12-5-14(8-26)31-33(12)23-15(13(2)34)3-4-22(30-23)32-11-28-19-6-16(24)18(7-21(19)32)29-20-10-27-9-17(20)25/h3-7,11,13,17,20,27,29,34H,9-10H2,1-2H3. The van der Waals surface area contributed by atoms with Gasteiger partial charge in [0.05, 0.1) is 28.9 Å². The highest BCUT2D eigenvalue weighted by atomic mass is 19.1. The molecule has 5 rings (SSSR count). The fourth-order valence-corrected chi connectivity index (χ4v) is 4.13. The van der Waals surface area contributed by atoms with E-state index in [9.17, 15) is 19.1 Å². The summed E-state index contributed by atoms with van der Waals surface area (Å²) in [6.45, 7) is 4.03. The highest BCUT2D eigenvalue weighted by molar-refractivity contribution is 5.81. The molecule has 3 unspecified atom stereocenters. The minimum Gasteiger partial charge on any atom is -0.389 e. The lowest BCUT2D eigenvalue weighted by molar-refractivity contribution is 0.198. The lowest BCUT2D eigenvalue weighted by Gasteiger charge is -2.17. The Bertz CT molecular complexity index is 1420. The molecule has 1 saturated heterocycles. The summed E-state index contributed by atoms with van der Waals surface area (Å²) in [5.74, 6) is 0.302. The molecule has 174 valence electrons. The molecule has 3 atom stereocenters. The van der Waals surface area contributed by atoms with Crippen molar-refractivity contribution < 1.29 is 13.9 Å². The Kier molecular flexibility index (Phi) is 5.47. The van der Waals surface area contributed by atoms with Crippen molar-refractivity contribution in [3.05, 3.63) is 59.4 Å². The van der Waals surface area contributed by atoms with Crippen LogP contribution in [0.25, 0.3) is 22.7 Å². The van der Waals surface area contributed by atoms with Crippen molar-refractivity contribution >= 4 is 16.7 Å². The average molecular weight is 464 g/mol. The maximum absolute atomic E-state index is 14.7. The van der Waals surface area contributed by atoms with Gasteiger partial charge in [0.1, 0.15) is 30.2 Å². The molecule has 3 N–H and O–H groups in total. The number of imidazole rings is 1. The summed E-state index contributed by atoms with van der Waals surface area (Å²) >= 11 is 0. The smallest absolute Gasteiger partial charge is 0.163 e. The van der Waals surface area contributed by atoms with E-state index < -0.39 is 24.1 Å². The van der Waals surface area contributed by atoms with Crippen LogP contribution >= 0.6 is 0 Å². The second-order valence-electron chi connectivity index (χ2n) is 8.31. The van der Waals surface area contributed by atoms with Crippen LogP contribution in [0.2, 0.25) is 0 Å². The Morgan fingerprint density at radius 2 is 2.12 bits per heavy atom. The first-order chi connectivity index (χ1) is 16.4. The molecule has 1 fully saturated rings. The predicted molar refractivity (Wildman–Crippen MR) is 121 cm³/mol. The van der Waals surface area contributed by atoms with Gasteiger partial charge in [-0.2, -0.15) is 10.4 Å². The second kappa shape index (κ2) is 8.48. The number of hydrogen-bond acceptors (Lipinski definition) is 7. The molecule has 1 aliphatic rings. The van der Waals surface area contributed by atoms with Crippen LogP contribution in [-0.2, 0) is 0 Å². The molecule has 0 bridgehead atoms. The van der Waals surface area contributed by atoms with Gasteiger partial charge >= 0.3 is 0 Å². The maximum atomic E-state index is 14.7. The third kappa shape index (κ3) is 3.76. The van der Waals surface area contributed by atoms with E-state index >= 15 is 0 Å².